The van der Waals surface area contributed by atoms with Crippen molar-refractivity contribution in [3.8, 4) is 0 Å². The number of anilines is 2. The molecule has 4 rings (SSSR count). The average Bonchev–Trinajstić information content (AvgIpc) is 3.16. The minimum atomic E-state index is -0.244. The molecule has 2 aromatic heterocycles. The molecule has 2 heterocycles. The monoisotopic (exact) mass is 416 g/mol. The highest BCUT2D eigenvalue weighted by Crippen LogP contribution is 2.12. The highest BCUT2D eigenvalue weighted by atomic mass is 16.1. The van der Waals surface area contributed by atoms with Crippen molar-refractivity contribution < 1.29 is 4.79 Å². The van der Waals surface area contributed by atoms with E-state index in [9.17, 15) is 9.59 Å². The van der Waals surface area contributed by atoms with E-state index in [1.807, 2.05) is 61.5 Å². The number of carbonyl (C=O) groups is 1. The molecule has 2 aromatic carbocycles. The van der Waals surface area contributed by atoms with Gasteiger partial charge >= 0.3 is 0 Å². The number of rotatable bonds is 7. The second-order valence-corrected chi connectivity index (χ2v) is 7.45. The largest absolute Gasteiger partial charge is 0.351 e. The molecule has 0 spiro atoms. The van der Waals surface area contributed by atoms with Crippen molar-refractivity contribution in [2.45, 2.75) is 33.2 Å². The average molecular weight is 416 g/mol. The molecule has 158 valence electrons. The predicted molar refractivity (Wildman–Crippen MR) is 120 cm³/mol. The van der Waals surface area contributed by atoms with Crippen LogP contribution in [0.1, 0.15) is 28.8 Å². The molecular formula is C23H24N6O2. The Hall–Kier alpha value is -3.94. The first-order valence-corrected chi connectivity index (χ1v) is 10.1. The van der Waals surface area contributed by atoms with E-state index in [1.165, 1.54) is 4.52 Å². The molecule has 0 aliphatic rings. The number of aromatic amines is 1. The molecule has 8 nitrogen and oxygen atoms in total. The summed E-state index contributed by atoms with van der Waals surface area (Å²) < 4.78 is 1.31. The Labute approximate surface area is 179 Å². The maximum atomic E-state index is 12.9. The maximum Gasteiger partial charge on any atom is 0.277 e. The van der Waals surface area contributed by atoms with E-state index in [0.717, 1.165) is 16.8 Å². The lowest BCUT2D eigenvalue weighted by molar-refractivity contribution is -0.116. The fourth-order valence-corrected chi connectivity index (χ4v) is 3.39. The second-order valence-electron chi connectivity index (χ2n) is 7.45. The summed E-state index contributed by atoms with van der Waals surface area (Å²) in [7, 11) is 0. The normalized spacial score (nSPS) is 10.9. The Kier molecular flexibility index (Phi) is 5.79. The first kappa shape index (κ1) is 20.3. The van der Waals surface area contributed by atoms with Crippen molar-refractivity contribution in [2.24, 2.45) is 0 Å². The smallest absolute Gasteiger partial charge is 0.277 e. The SMILES string of the molecule is Cc1cccc(NC(=O)CCc2c(C)nc3nc(NCc4ccccc4)[nH]n3c2=O)c1. The fourth-order valence-electron chi connectivity index (χ4n) is 3.39. The van der Waals surface area contributed by atoms with E-state index in [2.05, 4.69) is 25.7 Å². The lowest BCUT2D eigenvalue weighted by atomic mass is 10.1. The second kappa shape index (κ2) is 8.83. The Morgan fingerprint density at radius 2 is 1.87 bits per heavy atom. The number of hydrogen-bond donors (Lipinski definition) is 3. The summed E-state index contributed by atoms with van der Waals surface area (Å²) >= 11 is 0. The lowest BCUT2D eigenvalue weighted by Crippen LogP contribution is -2.23. The van der Waals surface area contributed by atoms with Gasteiger partial charge in [0.05, 0.1) is 5.69 Å². The highest BCUT2D eigenvalue weighted by Gasteiger charge is 2.15. The molecule has 4 aromatic rings. The molecule has 0 radical (unpaired) electrons. The van der Waals surface area contributed by atoms with E-state index in [4.69, 9.17) is 0 Å². The minimum absolute atomic E-state index is 0.149. The number of aromatic nitrogens is 4. The number of hydrogen-bond acceptors (Lipinski definition) is 5. The molecule has 1 amide bonds. The first-order valence-electron chi connectivity index (χ1n) is 10.1. The standard InChI is InChI=1S/C23H24N6O2/c1-15-7-6-10-18(13-15)26-20(30)12-11-19-16(2)25-23-27-22(28-29(23)21(19)31)24-14-17-8-4-3-5-9-17/h3-10,13H,11-12,14H2,1-2H3,(H,26,30)(H2,24,25,27,28). The Bertz CT molecular complexity index is 1280. The highest BCUT2D eigenvalue weighted by molar-refractivity contribution is 5.90. The summed E-state index contributed by atoms with van der Waals surface area (Å²) in [5.74, 6) is 0.609. The van der Waals surface area contributed by atoms with Crippen molar-refractivity contribution in [1.82, 2.24) is 19.6 Å². The van der Waals surface area contributed by atoms with Crippen LogP contribution in [0.25, 0.3) is 5.78 Å². The van der Waals surface area contributed by atoms with Crippen LogP contribution in [0.15, 0.2) is 59.4 Å². The molecule has 0 unspecified atom stereocenters. The zero-order valence-electron chi connectivity index (χ0n) is 17.5. The van der Waals surface area contributed by atoms with Crippen LogP contribution in [-0.2, 0) is 17.8 Å². The van der Waals surface area contributed by atoms with Crippen LogP contribution in [-0.4, -0.2) is 25.5 Å². The van der Waals surface area contributed by atoms with Crippen molar-refractivity contribution >= 4 is 23.3 Å². The van der Waals surface area contributed by atoms with Gasteiger partial charge in [0.2, 0.25) is 11.9 Å². The third-order valence-electron chi connectivity index (χ3n) is 5.00. The van der Waals surface area contributed by atoms with Crippen LogP contribution >= 0.6 is 0 Å². The van der Waals surface area contributed by atoms with Crippen molar-refractivity contribution in [3.05, 3.63) is 87.3 Å². The number of carbonyl (C=O) groups excluding carboxylic acids is 1. The minimum Gasteiger partial charge on any atom is -0.351 e. The number of amides is 1. The maximum absolute atomic E-state index is 12.9. The lowest BCUT2D eigenvalue weighted by Gasteiger charge is -2.07. The van der Waals surface area contributed by atoms with E-state index in [0.29, 0.717) is 35.9 Å². The van der Waals surface area contributed by atoms with Crippen molar-refractivity contribution in [2.75, 3.05) is 10.6 Å². The number of aryl methyl sites for hydroxylation is 2. The number of fused-ring (bicyclic) bond motifs is 1. The zero-order chi connectivity index (χ0) is 21.8. The molecule has 0 fully saturated rings. The van der Waals surface area contributed by atoms with Gasteiger partial charge in [-0.25, -0.2) is 4.98 Å². The third kappa shape index (κ3) is 4.80. The molecular weight excluding hydrogens is 392 g/mol. The van der Waals surface area contributed by atoms with Gasteiger partial charge in [-0.05, 0) is 43.5 Å². The summed E-state index contributed by atoms with van der Waals surface area (Å²) in [5.41, 5.74) is 3.74. The summed E-state index contributed by atoms with van der Waals surface area (Å²) in [6, 6.07) is 17.5. The van der Waals surface area contributed by atoms with Gasteiger partial charge in [-0.2, -0.15) is 9.50 Å². The molecule has 31 heavy (non-hydrogen) atoms. The van der Waals surface area contributed by atoms with Gasteiger partial charge in [-0.15, -0.1) is 0 Å². The van der Waals surface area contributed by atoms with Gasteiger partial charge in [0.25, 0.3) is 11.3 Å². The Balaban J connectivity index is 1.46. The van der Waals surface area contributed by atoms with Crippen LogP contribution < -0.4 is 16.2 Å². The van der Waals surface area contributed by atoms with Crippen molar-refractivity contribution in [1.29, 1.82) is 0 Å². The summed E-state index contributed by atoms with van der Waals surface area (Å²) in [4.78, 5) is 34.1. The van der Waals surface area contributed by atoms with E-state index in [1.54, 1.807) is 6.92 Å². The molecule has 3 N–H and O–H groups in total. The van der Waals surface area contributed by atoms with E-state index >= 15 is 0 Å². The van der Waals surface area contributed by atoms with Gasteiger partial charge in [-0.1, -0.05) is 42.5 Å². The first-order chi connectivity index (χ1) is 15.0. The van der Waals surface area contributed by atoms with Gasteiger partial charge in [0.1, 0.15) is 0 Å². The number of nitrogens with zero attached hydrogens (tertiary/aromatic N) is 3. The Morgan fingerprint density at radius 1 is 1.06 bits per heavy atom. The number of nitrogens with one attached hydrogen (secondary N) is 3. The molecule has 0 saturated carbocycles. The zero-order valence-corrected chi connectivity index (χ0v) is 17.5. The predicted octanol–water partition coefficient (Wildman–Crippen LogP) is 3.22. The molecule has 0 saturated heterocycles. The fraction of sp³-hybridized carbons (Fsp3) is 0.217. The number of H-pyrrole nitrogens is 1. The van der Waals surface area contributed by atoms with Gasteiger partial charge in [-0.3, -0.25) is 14.7 Å². The third-order valence-corrected chi connectivity index (χ3v) is 5.00. The molecule has 0 bridgehead atoms. The molecule has 0 atom stereocenters. The van der Waals surface area contributed by atoms with Crippen LogP contribution in [0.3, 0.4) is 0 Å². The van der Waals surface area contributed by atoms with E-state index < -0.39 is 0 Å². The molecule has 0 aliphatic carbocycles. The molecule has 0 aliphatic heterocycles. The summed E-state index contributed by atoms with van der Waals surface area (Å²) in [6.07, 6.45) is 0.481. The Morgan fingerprint density at radius 3 is 2.65 bits per heavy atom. The van der Waals surface area contributed by atoms with Crippen LogP contribution in [0.2, 0.25) is 0 Å². The number of benzene rings is 2. The van der Waals surface area contributed by atoms with Gasteiger partial charge in [0, 0.05) is 24.2 Å². The van der Waals surface area contributed by atoms with Crippen molar-refractivity contribution in [3.63, 3.8) is 0 Å². The van der Waals surface area contributed by atoms with Crippen LogP contribution in [0, 0.1) is 13.8 Å². The quantitative estimate of drug-likeness (QED) is 0.429. The summed E-state index contributed by atoms with van der Waals surface area (Å²) in [6.45, 7) is 4.30. The van der Waals surface area contributed by atoms with Crippen LogP contribution in [0.4, 0.5) is 11.6 Å². The van der Waals surface area contributed by atoms with Crippen LogP contribution in [0.5, 0.6) is 0 Å². The van der Waals surface area contributed by atoms with E-state index in [-0.39, 0.29) is 17.9 Å². The summed E-state index contributed by atoms with van der Waals surface area (Å²) in [5, 5.41) is 8.99. The van der Waals surface area contributed by atoms with Gasteiger partial charge < -0.3 is 10.6 Å². The molecule has 8 heteroatoms. The van der Waals surface area contributed by atoms with Gasteiger partial charge in [0.15, 0.2) is 0 Å². The topological polar surface area (TPSA) is 104 Å².